The molecule has 2 unspecified atom stereocenters. The first-order valence-corrected chi connectivity index (χ1v) is 7.98. The van der Waals surface area contributed by atoms with E-state index in [9.17, 15) is 13.6 Å². The average Bonchev–Trinajstić information content (AvgIpc) is 2.51. The summed E-state index contributed by atoms with van der Waals surface area (Å²) in [4.78, 5) is 11.9. The Balaban J connectivity index is 1.73. The van der Waals surface area contributed by atoms with Crippen LogP contribution in [0.1, 0.15) is 31.7 Å². The quantitative estimate of drug-likeness (QED) is 0.848. The maximum absolute atomic E-state index is 13.5. The van der Waals surface area contributed by atoms with Crippen molar-refractivity contribution in [2.45, 2.75) is 32.6 Å². The second-order valence-corrected chi connectivity index (χ2v) is 6.09. The van der Waals surface area contributed by atoms with Crippen molar-refractivity contribution in [1.82, 2.24) is 10.6 Å². The summed E-state index contributed by atoms with van der Waals surface area (Å²) >= 11 is 0. The summed E-state index contributed by atoms with van der Waals surface area (Å²) in [6.07, 6.45) is 2.95. The molecule has 5 heteroatoms. The lowest BCUT2D eigenvalue weighted by Gasteiger charge is -2.28. The minimum Gasteiger partial charge on any atom is -0.356 e. The van der Waals surface area contributed by atoms with Gasteiger partial charge in [-0.2, -0.15) is 0 Å². The molecule has 0 spiro atoms. The zero-order valence-corrected chi connectivity index (χ0v) is 13.0. The van der Waals surface area contributed by atoms with E-state index < -0.39 is 11.6 Å². The largest absolute Gasteiger partial charge is 0.356 e. The molecule has 22 heavy (non-hydrogen) atoms. The van der Waals surface area contributed by atoms with E-state index in [1.807, 2.05) is 0 Å². The molecule has 0 saturated carbocycles. The number of halogens is 2. The van der Waals surface area contributed by atoms with Gasteiger partial charge in [0.05, 0.1) is 0 Å². The minimum atomic E-state index is -0.559. The summed E-state index contributed by atoms with van der Waals surface area (Å²) in [7, 11) is 0. The third-order valence-corrected chi connectivity index (χ3v) is 4.41. The van der Waals surface area contributed by atoms with Crippen LogP contribution in [0, 0.1) is 23.5 Å². The van der Waals surface area contributed by atoms with Crippen LogP contribution < -0.4 is 10.6 Å². The number of piperidine rings is 1. The normalized spacial score (nSPS) is 19.7. The monoisotopic (exact) mass is 310 g/mol. The van der Waals surface area contributed by atoms with Crippen LogP contribution in [0.2, 0.25) is 0 Å². The Morgan fingerprint density at radius 3 is 2.77 bits per heavy atom. The fourth-order valence-corrected chi connectivity index (χ4v) is 2.99. The summed E-state index contributed by atoms with van der Waals surface area (Å²) < 4.78 is 26.9. The van der Waals surface area contributed by atoms with Crippen molar-refractivity contribution in [3.8, 4) is 0 Å². The van der Waals surface area contributed by atoms with E-state index in [0.29, 0.717) is 18.3 Å². The van der Waals surface area contributed by atoms with Gasteiger partial charge >= 0.3 is 0 Å². The zero-order chi connectivity index (χ0) is 15.9. The number of hydrogen-bond donors (Lipinski definition) is 2. The molecule has 2 N–H and O–H groups in total. The van der Waals surface area contributed by atoms with Gasteiger partial charge in [0.2, 0.25) is 5.91 Å². The van der Waals surface area contributed by atoms with Gasteiger partial charge in [-0.25, -0.2) is 8.78 Å². The lowest BCUT2D eigenvalue weighted by molar-refractivity contribution is -0.122. The number of benzene rings is 1. The first-order chi connectivity index (χ1) is 10.6. The molecule has 122 valence electrons. The van der Waals surface area contributed by atoms with Crippen LogP contribution >= 0.6 is 0 Å². The van der Waals surface area contributed by atoms with Crippen molar-refractivity contribution in [3.63, 3.8) is 0 Å². The first-order valence-electron chi connectivity index (χ1n) is 7.98. The van der Waals surface area contributed by atoms with E-state index in [0.717, 1.165) is 25.9 Å². The van der Waals surface area contributed by atoms with E-state index >= 15 is 0 Å². The smallest absolute Gasteiger partial charge is 0.220 e. The average molecular weight is 310 g/mol. The molecule has 2 rings (SSSR count). The Bertz CT molecular complexity index is 481. The Labute approximate surface area is 130 Å². The first kappa shape index (κ1) is 16.9. The van der Waals surface area contributed by atoms with Crippen LogP contribution in [0.5, 0.6) is 0 Å². The number of carbonyl (C=O) groups excluding carboxylic acids is 1. The van der Waals surface area contributed by atoms with Crippen LogP contribution in [-0.4, -0.2) is 25.5 Å². The van der Waals surface area contributed by atoms with Crippen LogP contribution in [0.15, 0.2) is 18.2 Å². The predicted molar refractivity (Wildman–Crippen MR) is 82.4 cm³/mol. The van der Waals surface area contributed by atoms with Gasteiger partial charge in [0.25, 0.3) is 0 Å². The Morgan fingerprint density at radius 2 is 2.14 bits per heavy atom. The van der Waals surface area contributed by atoms with Gasteiger partial charge in [0, 0.05) is 18.5 Å². The van der Waals surface area contributed by atoms with E-state index in [1.54, 1.807) is 0 Å². The molecule has 1 aliphatic rings. The molecular weight excluding hydrogens is 286 g/mol. The molecule has 1 fully saturated rings. The van der Waals surface area contributed by atoms with Crippen molar-refractivity contribution in [3.05, 3.63) is 35.4 Å². The fraction of sp³-hybridized carbons (Fsp3) is 0.588. The van der Waals surface area contributed by atoms with Gasteiger partial charge in [0.15, 0.2) is 0 Å². The summed E-state index contributed by atoms with van der Waals surface area (Å²) in [6, 6.07) is 3.81. The summed E-state index contributed by atoms with van der Waals surface area (Å²) in [5, 5.41) is 6.11. The van der Waals surface area contributed by atoms with Crippen LogP contribution in [0.3, 0.4) is 0 Å². The minimum absolute atomic E-state index is 0.0346. The molecule has 0 radical (unpaired) electrons. The predicted octanol–water partition coefficient (Wildman–Crippen LogP) is 2.65. The van der Waals surface area contributed by atoms with E-state index in [1.165, 1.54) is 18.2 Å². The molecule has 1 amide bonds. The zero-order valence-electron chi connectivity index (χ0n) is 13.0. The van der Waals surface area contributed by atoms with E-state index in [4.69, 9.17) is 0 Å². The van der Waals surface area contributed by atoms with Gasteiger partial charge < -0.3 is 10.6 Å². The maximum Gasteiger partial charge on any atom is 0.220 e. The molecule has 0 aromatic heterocycles. The molecule has 0 bridgehead atoms. The topological polar surface area (TPSA) is 41.1 Å². The number of hydrogen-bond acceptors (Lipinski definition) is 2. The Hall–Kier alpha value is -1.49. The molecular formula is C17H24F2N2O. The molecule has 1 aromatic rings. The molecule has 0 aliphatic carbocycles. The molecule has 2 atom stereocenters. The molecule has 3 nitrogen and oxygen atoms in total. The standard InChI is InChI=1S/C17H24F2N2O/c1-12(13-4-3-8-20-11-13)10-17(22)21-9-7-14-15(18)5-2-6-16(14)19/h2,5-6,12-13,20H,3-4,7-11H2,1H3,(H,21,22). The number of amides is 1. The molecule has 1 saturated heterocycles. The number of rotatable bonds is 6. The van der Waals surface area contributed by atoms with Crippen molar-refractivity contribution in [2.24, 2.45) is 11.8 Å². The fourth-order valence-electron chi connectivity index (χ4n) is 2.99. The van der Waals surface area contributed by atoms with Crippen molar-refractivity contribution >= 4 is 5.91 Å². The van der Waals surface area contributed by atoms with Crippen molar-refractivity contribution < 1.29 is 13.6 Å². The highest BCUT2D eigenvalue weighted by atomic mass is 19.1. The third kappa shape index (κ3) is 4.77. The Morgan fingerprint density at radius 1 is 1.41 bits per heavy atom. The summed E-state index contributed by atoms with van der Waals surface area (Å²) in [6.45, 7) is 4.37. The van der Waals surface area contributed by atoms with Gasteiger partial charge in [-0.05, 0) is 56.3 Å². The van der Waals surface area contributed by atoms with Crippen LogP contribution in [-0.2, 0) is 11.2 Å². The van der Waals surface area contributed by atoms with Gasteiger partial charge in [-0.1, -0.05) is 13.0 Å². The lowest BCUT2D eigenvalue weighted by atomic mass is 9.85. The van der Waals surface area contributed by atoms with Crippen molar-refractivity contribution in [1.29, 1.82) is 0 Å². The third-order valence-electron chi connectivity index (χ3n) is 4.41. The van der Waals surface area contributed by atoms with E-state index in [2.05, 4.69) is 17.6 Å². The molecule has 1 aromatic carbocycles. The number of carbonyl (C=O) groups is 1. The number of nitrogens with one attached hydrogen (secondary N) is 2. The van der Waals surface area contributed by atoms with E-state index in [-0.39, 0.29) is 24.4 Å². The Kier molecular flexibility index (Phi) is 6.31. The second-order valence-electron chi connectivity index (χ2n) is 6.09. The second kappa shape index (κ2) is 8.22. The van der Waals surface area contributed by atoms with Crippen LogP contribution in [0.25, 0.3) is 0 Å². The maximum atomic E-state index is 13.5. The van der Waals surface area contributed by atoms with Crippen molar-refractivity contribution in [2.75, 3.05) is 19.6 Å². The van der Waals surface area contributed by atoms with Gasteiger partial charge in [0.1, 0.15) is 11.6 Å². The van der Waals surface area contributed by atoms with Gasteiger partial charge in [-0.15, -0.1) is 0 Å². The molecule has 1 heterocycles. The highest BCUT2D eigenvalue weighted by molar-refractivity contribution is 5.76. The summed E-state index contributed by atoms with van der Waals surface area (Å²) in [5.41, 5.74) is 0.0346. The highest BCUT2D eigenvalue weighted by Crippen LogP contribution is 2.22. The SMILES string of the molecule is CC(CC(=O)NCCc1c(F)cccc1F)C1CCCNC1. The summed E-state index contributed by atoms with van der Waals surface area (Å²) in [5.74, 6) is -0.317. The highest BCUT2D eigenvalue weighted by Gasteiger charge is 2.21. The molecule has 1 aliphatic heterocycles. The van der Waals surface area contributed by atoms with Crippen LogP contribution in [0.4, 0.5) is 8.78 Å². The van der Waals surface area contributed by atoms with Gasteiger partial charge in [-0.3, -0.25) is 4.79 Å². The lowest BCUT2D eigenvalue weighted by Crippen LogP contribution is -2.36.